The van der Waals surface area contributed by atoms with Crippen LogP contribution in [0, 0.1) is 0 Å². The minimum Gasteiger partial charge on any atom is -0.492 e. The van der Waals surface area contributed by atoms with E-state index in [4.69, 9.17) is 9.84 Å². The third-order valence-corrected chi connectivity index (χ3v) is 2.75. The summed E-state index contributed by atoms with van der Waals surface area (Å²) in [5, 5.41) is 8.77. The Labute approximate surface area is 118 Å². The number of amides is 1. The summed E-state index contributed by atoms with van der Waals surface area (Å²) in [7, 11) is 5.28. The third-order valence-electron chi connectivity index (χ3n) is 2.75. The summed E-state index contributed by atoms with van der Waals surface area (Å²) in [4.78, 5) is 25.6. The predicted octanol–water partition coefficient (Wildman–Crippen LogP) is 0.784. The summed E-state index contributed by atoms with van der Waals surface area (Å²) in [5.41, 5.74) is 0.228. The largest absolute Gasteiger partial charge is 0.492 e. The molecule has 0 aromatic heterocycles. The maximum atomic E-state index is 11.5. The lowest BCUT2D eigenvalue weighted by molar-refractivity contribution is -0.129. The molecule has 0 atom stereocenters. The Hall–Kier alpha value is -2.08. The van der Waals surface area contributed by atoms with Crippen LogP contribution < -0.4 is 4.74 Å². The second-order valence-electron chi connectivity index (χ2n) is 4.70. The molecule has 0 unspecified atom stereocenters. The van der Waals surface area contributed by atoms with E-state index >= 15 is 0 Å². The van der Waals surface area contributed by atoms with Crippen LogP contribution in [0.5, 0.6) is 5.75 Å². The molecule has 1 rings (SSSR count). The van der Waals surface area contributed by atoms with Crippen molar-refractivity contribution in [2.45, 2.75) is 0 Å². The summed E-state index contributed by atoms with van der Waals surface area (Å²) in [6.45, 7) is 1.39. The standard InChI is InChI=1S/C14H20N2O4/c1-15(2)13(17)10-16(3)8-9-20-12-6-4-11(5-7-12)14(18)19/h4-7H,8-10H2,1-3H3,(H,18,19). The number of hydrogen-bond donors (Lipinski definition) is 1. The highest BCUT2D eigenvalue weighted by Gasteiger charge is 2.08. The number of carboxylic acids is 1. The molecule has 1 aromatic rings. The average Bonchev–Trinajstić information content (AvgIpc) is 2.39. The van der Waals surface area contributed by atoms with Crippen molar-refractivity contribution in [3.05, 3.63) is 29.8 Å². The molecule has 1 amide bonds. The topological polar surface area (TPSA) is 70.1 Å². The molecule has 110 valence electrons. The zero-order chi connectivity index (χ0) is 15.1. The Bertz CT molecular complexity index is 457. The number of carbonyl (C=O) groups is 2. The molecule has 0 radical (unpaired) electrons. The molecule has 6 heteroatoms. The molecule has 20 heavy (non-hydrogen) atoms. The fraction of sp³-hybridized carbons (Fsp3) is 0.429. The van der Waals surface area contributed by atoms with Gasteiger partial charge in [0.2, 0.25) is 5.91 Å². The van der Waals surface area contributed by atoms with Gasteiger partial charge in [-0.25, -0.2) is 4.79 Å². The van der Waals surface area contributed by atoms with Gasteiger partial charge in [-0.3, -0.25) is 9.69 Å². The summed E-state index contributed by atoms with van der Waals surface area (Å²) >= 11 is 0. The second kappa shape index (κ2) is 7.49. The molecule has 0 fully saturated rings. The van der Waals surface area contributed by atoms with Crippen molar-refractivity contribution in [2.24, 2.45) is 0 Å². The number of nitrogens with zero attached hydrogens (tertiary/aromatic N) is 2. The number of hydrogen-bond acceptors (Lipinski definition) is 4. The zero-order valence-corrected chi connectivity index (χ0v) is 12.0. The van der Waals surface area contributed by atoms with E-state index < -0.39 is 5.97 Å². The molecule has 0 bridgehead atoms. The Kier molecular flexibility index (Phi) is 5.99. The van der Waals surface area contributed by atoms with E-state index in [9.17, 15) is 9.59 Å². The fourth-order valence-electron chi connectivity index (χ4n) is 1.46. The molecule has 1 N–H and O–H groups in total. The summed E-state index contributed by atoms with van der Waals surface area (Å²) in [5.74, 6) is -0.306. The average molecular weight is 280 g/mol. The predicted molar refractivity (Wildman–Crippen MR) is 75.1 cm³/mol. The monoisotopic (exact) mass is 280 g/mol. The first-order chi connectivity index (χ1) is 9.40. The molecular weight excluding hydrogens is 260 g/mol. The minimum absolute atomic E-state index is 0.0401. The fourth-order valence-corrected chi connectivity index (χ4v) is 1.46. The van der Waals surface area contributed by atoms with Crippen LogP contribution in [0.25, 0.3) is 0 Å². The normalized spacial score (nSPS) is 10.4. The van der Waals surface area contributed by atoms with Gasteiger partial charge in [0.1, 0.15) is 12.4 Å². The van der Waals surface area contributed by atoms with Crippen molar-refractivity contribution < 1.29 is 19.4 Å². The van der Waals surface area contributed by atoms with Crippen molar-refractivity contribution in [1.29, 1.82) is 0 Å². The van der Waals surface area contributed by atoms with Gasteiger partial charge in [-0.1, -0.05) is 0 Å². The van der Waals surface area contributed by atoms with E-state index in [1.165, 1.54) is 12.1 Å². The molecule has 0 spiro atoms. The van der Waals surface area contributed by atoms with Crippen molar-refractivity contribution in [3.8, 4) is 5.75 Å². The number of carbonyl (C=O) groups excluding carboxylic acids is 1. The van der Waals surface area contributed by atoms with Gasteiger partial charge in [0.15, 0.2) is 0 Å². The molecule has 0 saturated carbocycles. The number of aromatic carboxylic acids is 1. The number of rotatable bonds is 7. The quantitative estimate of drug-likeness (QED) is 0.799. The Morgan fingerprint density at radius 1 is 1.15 bits per heavy atom. The van der Waals surface area contributed by atoms with Gasteiger partial charge in [-0.05, 0) is 31.3 Å². The van der Waals surface area contributed by atoms with E-state index in [2.05, 4.69) is 0 Å². The minimum atomic E-state index is -0.960. The van der Waals surface area contributed by atoms with Crippen LogP contribution in [0.1, 0.15) is 10.4 Å². The van der Waals surface area contributed by atoms with Gasteiger partial charge in [0.25, 0.3) is 0 Å². The number of carboxylic acid groups (broad SMARTS) is 1. The molecule has 0 aliphatic rings. The van der Waals surface area contributed by atoms with Crippen LogP contribution >= 0.6 is 0 Å². The van der Waals surface area contributed by atoms with Gasteiger partial charge >= 0.3 is 5.97 Å². The smallest absolute Gasteiger partial charge is 0.335 e. The van der Waals surface area contributed by atoms with E-state index in [1.54, 1.807) is 31.1 Å². The Balaban J connectivity index is 2.33. The lowest BCUT2D eigenvalue weighted by Crippen LogP contribution is -2.36. The zero-order valence-electron chi connectivity index (χ0n) is 12.0. The number of likely N-dealkylation sites (N-methyl/N-ethyl adjacent to an activating group) is 2. The highest BCUT2D eigenvalue weighted by molar-refractivity contribution is 5.87. The van der Waals surface area contributed by atoms with Crippen LogP contribution in [-0.4, -0.2) is 67.6 Å². The molecule has 0 aliphatic heterocycles. The third kappa shape index (κ3) is 5.27. The van der Waals surface area contributed by atoms with Gasteiger partial charge < -0.3 is 14.7 Å². The second-order valence-corrected chi connectivity index (χ2v) is 4.70. The van der Waals surface area contributed by atoms with Crippen LogP contribution in [0.4, 0.5) is 0 Å². The van der Waals surface area contributed by atoms with Gasteiger partial charge in [-0.15, -0.1) is 0 Å². The molecule has 1 aromatic carbocycles. The first kappa shape index (κ1) is 16.0. The summed E-state index contributed by atoms with van der Waals surface area (Å²) in [6.07, 6.45) is 0. The van der Waals surface area contributed by atoms with Crippen LogP contribution in [0.2, 0.25) is 0 Å². The van der Waals surface area contributed by atoms with Crippen molar-refractivity contribution in [3.63, 3.8) is 0 Å². The van der Waals surface area contributed by atoms with E-state index in [1.807, 2.05) is 11.9 Å². The molecule has 6 nitrogen and oxygen atoms in total. The van der Waals surface area contributed by atoms with E-state index in [0.717, 1.165) is 0 Å². The maximum Gasteiger partial charge on any atom is 0.335 e. The first-order valence-corrected chi connectivity index (χ1v) is 6.25. The Morgan fingerprint density at radius 3 is 2.25 bits per heavy atom. The summed E-state index contributed by atoms with van der Waals surface area (Å²) in [6, 6.07) is 6.23. The highest BCUT2D eigenvalue weighted by atomic mass is 16.5. The van der Waals surface area contributed by atoms with Gasteiger partial charge in [0, 0.05) is 20.6 Å². The van der Waals surface area contributed by atoms with Crippen molar-refractivity contribution in [2.75, 3.05) is 40.8 Å². The first-order valence-electron chi connectivity index (χ1n) is 6.25. The maximum absolute atomic E-state index is 11.5. The molecular formula is C14H20N2O4. The lowest BCUT2D eigenvalue weighted by Gasteiger charge is -2.18. The summed E-state index contributed by atoms with van der Waals surface area (Å²) < 4.78 is 5.49. The number of ether oxygens (including phenoxy) is 1. The molecule has 0 heterocycles. The highest BCUT2D eigenvalue weighted by Crippen LogP contribution is 2.11. The van der Waals surface area contributed by atoms with E-state index in [0.29, 0.717) is 25.4 Å². The number of benzene rings is 1. The molecule has 0 saturated heterocycles. The lowest BCUT2D eigenvalue weighted by atomic mass is 10.2. The van der Waals surface area contributed by atoms with Gasteiger partial charge in [-0.2, -0.15) is 0 Å². The Morgan fingerprint density at radius 2 is 1.75 bits per heavy atom. The SMILES string of the molecule is CN(CCOc1ccc(C(=O)O)cc1)CC(=O)N(C)C. The van der Waals surface area contributed by atoms with E-state index in [-0.39, 0.29) is 11.5 Å². The van der Waals surface area contributed by atoms with Crippen LogP contribution in [-0.2, 0) is 4.79 Å². The van der Waals surface area contributed by atoms with Crippen LogP contribution in [0.3, 0.4) is 0 Å². The van der Waals surface area contributed by atoms with Crippen LogP contribution in [0.15, 0.2) is 24.3 Å². The van der Waals surface area contributed by atoms with Crippen molar-refractivity contribution in [1.82, 2.24) is 9.80 Å². The van der Waals surface area contributed by atoms with Gasteiger partial charge in [0.05, 0.1) is 12.1 Å². The molecule has 0 aliphatic carbocycles. The van der Waals surface area contributed by atoms with Crippen molar-refractivity contribution >= 4 is 11.9 Å².